The number of fused-ring (bicyclic) bond motifs is 1. The van der Waals surface area contributed by atoms with Gasteiger partial charge in [-0.05, 0) is 35.2 Å². The molecule has 0 saturated heterocycles. The molecule has 4 aromatic rings. The Morgan fingerprint density at radius 2 is 1.88 bits per heavy atom. The predicted octanol–water partition coefficient (Wildman–Crippen LogP) is 4.08. The maximum atomic E-state index is 12.5. The molecular weight excluding hydrogens is 332 g/mol. The highest BCUT2D eigenvalue weighted by Crippen LogP contribution is 2.21. The van der Waals surface area contributed by atoms with Gasteiger partial charge in [-0.2, -0.15) is 0 Å². The molecule has 5 heteroatoms. The molecule has 4 nitrogen and oxygen atoms in total. The highest BCUT2D eigenvalue weighted by Gasteiger charge is 2.12. The number of carbonyl (C=O) groups excluding carboxylic acids is 1. The number of carbonyl (C=O) groups is 1. The molecule has 2 aromatic heterocycles. The topological polar surface area (TPSA) is 62.8 Å². The van der Waals surface area contributed by atoms with Gasteiger partial charge in [0, 0.05) is 12.0 Å². The Hall–Kier alpha value is -3.05. The normalized spacial score (nSPS) is 10.9. The number of H-pyrrole nitrogens is 1. The molecule has 2 heterocycles. The van der Waals surface area contributed by atoms with Crippen molar-refractivity contribution >= 4 is 28.2 Å². The molecule has 2 aromatic carbocycles. The zero-order valence-corrected chi connectivity index (χ0v) is 14.0. The van der Waals surface area contributed by atoms with E-state index in [0.29, 0.717) is 28.7 Å². The van der Waals surface area contributed by atoms with Gasteiger partial charge in [0.05, 0.1) is 15.9 Å². The van der Waals surface area contributed by atoms with Crippen LogP contribution >= 0.6 is 11.3 Å². The summed E-state index contributed by atoms with van der Waals surface area (Å²) in [6.07, 6.45) is 0.341. The molecule has 0 spiro atoms. The van der Waals surface area contributed by atoms with Gasteiger partial charge in [-0.15, -0.1) is 11.3 Å². The summed E-state index contributed by atoms with van der Waals surface area (Å²) < 4.78 is 0. The summed E-state index contributed by atoms with van der Waals surface area (Å²) in [5.41, 5.74) is 2.96. The van der Waals surface area contributed by atoms with Gasteiger partial charge in [-0.1, -0.05) is 36.4 Å². The van der Waals surface area contributed by atoms with Crippen LogP contribution in [0.4, 0.5) is 0 Å². The fourth-order valence-corrected chi connectivity index (χ4v) is 3.43. The minimum absolute atomic E-state index is 0.0266. The molecule has 0 atom stereocenters. The third kappa shape index (κ3) is 3.14. The Kier molecular flexibility index (Phi) is 3.99. The Bertz CT molecular complexity index is 1100. The van der Waals surface area contributed by atoms with Crippen LogP contribution in [0.2, 0.25) is 0 Å². The van der Waals surface area contributed by atoms with Crippen molar-refractivity contribution in [2.75, 3.05) is 0 Å². The van der Waals surface area contributed by atoms with Gasteiger partial charge >= 0.3 is 0 Å². The van der Waals surface area contributed by atoms with Crippen LogP contribution in [0.15, 0.2) is 70.8 Å². The van der Waals surface area contributed by atoms with E-state index in [1.165, 1.54) is 11.3 Å². The number of hydrogen-bond donors (Lipinski definition) is 1. The monoisotopic (exact) mass is 346 g/mol. The second-order valence-electron chi connectivity index (χ2n) is 5.71. The maximum absolute atomic E-state index is 12.5. The van der Waals surface area contributed by atoms with E-state index >= 15 is 0 Å². The lowest BCUT2D eigenvalue weighted by Gasteiger charge is -2.05. The van der Waals surface area contributed by atoms with Crippen molar-refractivity contribution in [1.82, 2.24) is 9.97 Å². The fourth-order valence-electron chi connectivity index (χ4n) is 2.72. The number of Topliss-reactive ketones (excluding diaryl/α,β-unsaturated/α-hetero) is 1. The SMILES string of the molecule is O=C(Cc1ccccc1)c1ccc2[nH]c(=O)c(-c3cccs3)nc2c1. The molecule has 0 saturated carbocycles. The minimum Gasteiger partial charge on any atom is -0.319 e. The number of nitrogens with one attached hydrogen (secondary N) is 1. The quantitative estimate of drug-likeness (QED) is 0.566. The summed E-state index contributed by atoms with van der Waals surface area (Å²) in [6.45, 7) is 0. The largest absolute Gasteiger partial charge is 0.319 e. The first-order valence-electron chi connectivity index (χ1n) is 7.86. The van der Waals surface area contributed by atoms with E-state index in [9.17, 15) is 9.59 Å². The summed E-state index contributed by atoms with van der Waals surface area (Å²) >= 11 is 1.46. The Labute approximate surface area is 147 Å². The number of nitrogens with zero attached hydrogens (tertiary/aromatic N) is 1. The molecule has 0 aliphatic rings. The first-order valence-corrected chi connectivity index (χ1v) is 8.74. The van der Waals surface area contributed by atoms with E-state index in [-0.39, 0.29) is 11.3 Å². The average molecular weight is 346 g/mol. The highest BCUT2D eigenvalue weighted by molar-refractivity contribution is 7.13. The number of benzene rings is 2. The summed E-state index contributed by atoms with van der Waals surface area (Å²) in [4.78, 5) is 32.9. The second kappa shape index (κ2) is 6.45. The second-order valence-corrected chi connectivity index (χ2v) is 6.66. The third-order valence-corrected chi connectivity index (χ3v) is 4.85. The number of aromatic nitrogens is 2. The van der Waals surface area contributed by atoms with Crippen LogP contribution in [0.25, 0.3) is 21.6 Å². The molecule has 0 amide bonds. The van der Waals surface area contributed by atoms with Crippen molar-refractivity contribution in [1.29, 1.82) is 0 Å². The zero-order valence-electron chi connectivity index (χ0n) is 13.2. The molecule has 0 fully saturated rings. The molecule has 122 valence electrons. The summed E-state index contributed by atoms with van der Waals surface area (Å²) in [5.74, 6) is 0.0266. The van der Waals surface area contributed by atoms with E-state index in [1.807, 2.05) is 47.8 Å². The zero-order chi connectivity index (χ0) is 17.2. The van der Waals surface area contributed by atoms with Crippen LogP contribution in [0, 0.1) is 0 Å². The molecule has 4 rings (SSSR count). The molecule has 1 N–H and O–H groups in total. The first-order chi connectivity index (χ1) is 12.2. The van der Waals surface area contributed by atoms with E-state index in [4.69, 9.17) is 0 Å². The number of aromatic amines is 1. The highest BCUT2D eigenvalue weighted by atomic mass is 32.1. The van der Waals surface area contributed by atoms with Gasteiger partial charge < -0.3 is 4.98 Å². The number of hydrogen-bond acceptors (Lipinski definition) is 4. The molecule has 0 aliphatic carbocycles. The fraction of sp³-hybridized carbons (Fsp3) is 0.0500. The van der Waals surface area contributed by atoms with Crippen molar-refractivity contribution in [3.05, 3.63) is 87.5 Å². The smallest absolute Gasteiger partial charge is 0.275 e. The van der Waals surface area contributed by atoms with E-state index in [1.54, 1.807) is 18.2 Å². The van der Waals surface area contributed by atoms with E-state index < -0.39 is 0 Å². The lowest BCUT2D eigenvalue weighted by atomic mass is 10.0. The van der Waals surface area contributed by atoms with Gasteiger partial charge in [0.25, 0.3) is 5.56 Å². The minimum atomic E-state index is -0.224. The van der Waals surface area contributed by atoms with Gasteiger partial charge in [-0.25, -0.2) is 4.98 Å². The molecule has 0 unspecified atom stereocenters. The maximum Gasteiger partial charge on any atom is 0.275 e. The third-order valence-electron chi connectivity index (χ3n) is 3.98. The van der Waals surface area contributed by atoms with Crippen LogP contribution < -0.4 is 5.56 Å². The van der Waals surface area contributed by atoms with Crippen LogP contribution in [0.5, 0.6) is 0 Å². The first kappa shape index (κ1) is 15.5. The van der Waals surface area contributed by atoms with Gasteiger partial charge in [-0.3, -0.25) is 9.59 Å². The van der Waals surface area contributed by atoms with Crippen molar-refractivity contribution in [2.24, 2.45) is 0 Å². The molecule has 0 bridgehead atoms. The van der Waals surface area contributed by atoms with Crippen LogP contribution in [-0.4, -0.2) is 15.8 Å². The summed E-state index contributed by atoms with van der Waals surface area (Å²) in [5, 5.41) is 1.90. The molecule has 25 heavy (non-hydrogen) atoms. The molecular formula is C20H14N2O2S. The van der Waals surface area contributed by atoms with Gasteiger partial charge in [0.15, 0.2) is 5.78 Å². The van der Waals surface area contributed by atoms with Crippen molar-refractivity contribution in [3.63, 3.8) is 0 Å². The van der Waals surface area contributed by atoms with Crippen LogP contribution in [0.1, 0.15) is 15.9 Å². The molecule has 0 radical (unpaired) electrons. The van der Waals surface area contributed by atoms with Crippen LogP contribution in [-0.2, 0) is 6.42 Å². The molecule has 0 aliphatic heterocycles. The van der Waals surface area contributed by atoms with Crippen molar-refractivity contribution in [2.45, 2.75) is 6.42 Å². The van der Waals surface area contributed by atoms with Crippen molar-refractivity contribution in [3.8, 4) is 10.6 Å². The lowest BCUT2D eigenvalue weighted by molar-refractivity contribution is 0.0993. The van der Waals surface area contributed by atoms with Gasteiger partial charge in [0.2, 0.25) is 0 Å². The Morgan fingerprint density at radius 3 is 2.64 bits per heavy atom. The lowest BCUT2D eigenvalue weighted by Crippen LogP contribution is -2.11. The van der Waals surface area contributed by atoms with Crippen molar-refractivity contribution < 1.29 is 4.79 Å². The number of rotatable bonds is 4. The Morgan fingerprint density at radius 1 is 1.04 bits per heavy atom. The predicted molar refractivity (Wildman–Crippen MR) is 100 cm³/mol. The standard InChI is InChI=1S/C20H14N2O2S/c23-17(11-13-5-2-1-3-6-13)14-8-9-15-16(12-14)21-19(20(24)22-15)18-7-4-10-25-18/h1-10,12H,11H2,(H,22,24). The van der Waals surface area contributed by atoms with E-state index in [0.717, 1.165) is 10.4 Å². The summed E-state index contributed by atoms with van der Waals surface area (Å²) in [6, 6.07) is 18.6. The van der Waals surface area contributed by atoms with Gasteiger partial charge in [0.1, 0.15) is 5.69 Å². The van der Waals surface area contributed by atoms with Crippen LogP contribution in [0.3, 0.4) is 0 Å². The number of thiophene rings is 1. The Balaban J connectivity index is 1.73. The summed E-state index contributed by atoms with van der Waals surface area (Å²) in [7, 11) is 0. The average Bonchev–Trinajstić information content (AvgIpc) is 3.16. The van der Waals surface area contributed by atoms with E-state index in [2.05, 4.69) is 9.97 Å². The number of ketones is 1.